The number of fused-ring (bicyclic) bond motifs is 1. The fourth-order valence-electron chi connectivity index (χ4n) is 2.14. The third-order valence-corrected chi connectivity index (χ3v) is 4.39. The van der Waals surface area contributed by atoms with Crippen LogP contribution in [0.5, 0.6) is 0 Å². The zero-order valence-corrected chi connectivity index (χ0v) is 11.5. The Morgan fingerprint density at radius 1 is 1.05 bits per heavy atom. The molecule has 0 aliphatic rings. The smallest absolute Gasteiger partial charge is 0.212 e. The summed E-state index contributed by atoms with van der Waals surface area (Å²) in [6, 6.07) is 10.5. The van der Waals surface area contributed by atoms with E-state index in [9.17, 15) is 0 Å². The molecule has 0 spiro atoms. The van der Waals surface area contributed by atoms with Crippen LogP contribution in [-0.2, 0) is 0 Å². The minimum absolute atomic E-state index is 0.926. The van der Waals surface area contributed by atoms with E-state index in [-0.39, 0.29) is 0 Å². The molecule has 19 heavy (non-hydrogen) atoms. The Morgan fingerprint density at radius 3 is 2.74 bits per heavy atom. The van der Waals surface area contributed by atoms with Gasteiger partial charge in [0.15, 0.2) is 0 Å². The van der Waals surface area contributed by atoms with Gasteiger partial charge < -0.3 is 0 Å². The molecule has 0 aliphatic heterocycles. The van der Waals surface area contributed by atoms with Crippen LogP contribution < -0.4 is 0 Å². The molecule has 4 aromatic rings. The standard InChI is InChI=1S/C14H9N3S2/c1-2-4-12(11(3-1)10-5-6-18-8-10)13-7-17-14(16-13)19-9-15-17/h1-9H. The van der Waals surface area contributed by atoms with Gasteiger partial charge in [-0.1, -0.05) is 35.6 Å². The monoisotopic (exact) mass is 283 g/mol. The van der Waals surface area contributed by atoms with Crippen LogP contribution in [0.2, 0.25) is 0 Å². The summed E-state index contributed by atoms with van der Waals surface area (Å²) in [5, 5.41) is 8.49. The lowest BCUT2D eigenvalue weighted by Crippen LogP contribution is -1.83. The van der Waals surface area contributed by atoms with Crippen molar-refractivity contribution in [2.75, 3.05) is 0 Å². The van der Waals surface area contributed by atoms with Gasteiger partial charge in [-0.25, -0.2) is 9.50 Å². The SMILES string of the molecule is c1ccc(-c2cn3ncsc3n2)c(-c2ccsc2)c1. The maximum absolute atomic E-state index is 4.64. The highest BCUT2D eigenvalue weighted by molar-refractivity contribution is 7.14. The molecular weight excluding hydrogens is 274 g/mol. The lowest BCUT2D eigenvalue weighted by Gasteiger charge is -2.04. The lowest BCUT2D eigenvalue weighted by atomic mass is 10.0. The summed E-state index contributed by atoms with van der Waals surface area (Å²) in [6.07, 6.45) is 1.98. The van der Waals surface area contributed by atoms with Crippen molar-refractivity contribution in [2.24, 2.45) is 0 Å². The largest absolute Gasteiger partial charge is 0.217 e. The molecule has 1 aromatic carbocycles. The first kappa shape index (κ1) is 10.9. The van der Waals surface area contributed by atoms with Gasteiger partial charge >= 0.3 is 0 Å². The van der Waals surface area contributed by atoms with Gasteiger partial charge in [0.2, 0.25) is 4.96 Å². The van der Waals surface area contributed by atoms with E-state index < -0.39 is 0 Å². The molecule has 0 saturated heterocycles. The molecule has 0 radical (unpaired) electrons. The van der Waals surface area contributed by atoms with Crippen LogP contribution in [0.15, 0.2) is 52.8 Å². The van der Waals surface area contributed by atoms with Crippen molar-refractivity contribution in [3.8, 4) is 22.4 Å². The van der Waals surface area contributed by atoms with Crippen molar-refractivity contribution in [3.63, 3.8) is 0 Å². The van der Waals surface area contributed by atoms with E-state index in [1.54, 1.807) is 28.2 Å². The van der Waals surface area contributed by atoms with Crippen LogP contribution in [0.25, 0.3) is 27.3 Å². The highest BCUT2D eigenvalue weighted by Gasteiger charge is 2.11. The Balaban J connectivity index is 1.94. The molecule has 3 aromatic heterocycles. The summed E-state index contributed by atoms with van der Waals surface area (Å²) in [4.78, 5) is 5.56. The number of aromatic nitrogens is 3. The lowest BCUT2D eigenvalue weighted by molar-refractivity contribution is 0.974. The number of rotatable bonds is 2. The molecule has 3 nitrogen and oxygen atoms in total. The van der Waals surface area contributed by atoms with Crippen LogP contribution in [0.3, 0.4) is 0 Å². The molecule has 0 atom stereocenters. The first-order valence-electron chi connectivity index (χ1n) is 5.83. The Bertz CT molecular complexity index is 799. The topological polar surface area (TPSA) is 30.2 Å². The van der Waals surface area contributed by atoms with E-state index in [1.807, 2.05) is 16.8 Å². The Labute approximate surface area is 117 Å². The highest BCUT2D eigenvalue weighted by Crippen LogP contribution is 2.32. The first-order valence-corrected chi connectivity index (χ1v) is 7.65. The molecule has 0 saturated carbocycles. The molecule has 92 valence electrons. The van der Waals surface area contributed by atoms with E-state index in [1.165, 1.54) is 11.1 Å². The van der Waals surface area contributed by atoms with Crippen LogP contribution in [0.1, 0.15) is 0 Å². The van der Waals surface area contributed by atoms with Crippen molar-refractivity contribution in [1.82, 2.24) is 14.6 Å². The molecule has 0 unspecified atom stereocenters. The molecular formula is C14H9N3S2. The van der Waals surface area contributed by atoms with Gasteiger partial charge in [0.05, 0.1) is 11.9 Å². The van der Waals surface area contributed by atoms with Crippen LogP contribution in [-0.4, -0.2) is 14.6 Å². The normalized spacial score (nSPS) is 11.2. The summed E-state index contributed by atoms with van der Waals surface area (Å²) < 4.78 is 1.82. The average Bonchev–Trinajstić information content (AvgIpc) is 3.15. The molecule has 0 N–H and O–H groups in total. The van der Waals surface area contributed by atoms with Gasteiger partial charge in [-0.2, -0.15) is 16.4 Å². The zero-order valence-electron chi connectivity index (χ0n) is 9.85. The van der Waals surface area contributed by atoms with Crippen LogP contribution in [0.4, 0.5) is 0 Å². The number of hydrogen-bond acceptors (Lipinski definition) is 4. The van der Waals surface area contributed by atoms with Crippen molar-refractivity contribution in [3.05, 3.63) is 52.8 Å². The number of benzene rings is 1. The van der Waals surface area contributed by atoms with Gasteiger partial charge in [-0.15, -0.1) is 0 Å². The second-order valence-electron chi connectivity index (χ2n) is 4.15. The summed E-state index contributed by atoms with van der Waals surface area (Å²) in [7, 11) is 0. The van der Waals surface area contributed by atoms with Gasteiger partial charge in [-0.3, -0.25) is 0 Å². The number of hydrogen-bond donors (Lipinski definition) is 0. The number of thiophene rings is 1. The van der Waals surface area contributed by atoms with Crippen LogP contribution >= 0.6 is 22.7 Å². The second kappa shape index (κ2) is 4.29. The first-order chi connectivity index (χ1) is 9.42. The van der Waals surface area contributed by atoms with Crippen molar-refractivity contribution >= 4 is 27.6 Å². The fraction of sp³-hybridized carbons (Fsp3) is 0. The molecule has 3 heterocycles. The third-order valence-electron chi connectivity index (χ3n) is 3.02. The van der Waals surface area contributed by atoms with E-state index >= 15 is 0 Å². The van der Waals surface area contributed by atoms with E-state index in [0.717, 1.165) is 16.2 Å². The predicted molar refractivity (Wildman–Crippen MR) is 79.6 cm³/mol. The zero-order chi connectivity index (χ0) is 12.7. The Morgan fingerprint density at radius 2 is 1.95 bits per heavy atom. The van der Waals surface area contributed by atoms with Gasteiger partial charge in [-0.05, 0) is 28.0 Å². The van der Waals surface area contributed by atoms with Crippen LogP contribution in [0, 0.1) is 0 Å². The number of imidazole rings is 1. The molecule has 0 aliphatic carbocycles. The van der Waals surface area contributed by atoms with Crippen molar-refractivity contribution < 1.29 is 0 Å². The Hall–Kier alpha value is -1.98. The number of nitrogens with zero attached hydrogens (tertiary/aromatic N) is 3. The maximum atomic E-state index is 4.64. The van der Waals surface area contributed by atoms with Crippen molar-refractivity contribution in [2.45, 2.75) is 0 Å². The predicted octanol–water partition coefficient (Wildman–Crippen LogP) is 4.19. The third kappa shape index (κ3) is 1.78. The Kier molecular flexibility index (Phi) is 2.46. The summed E-state index contributed by atoms with van der Waals surface area (Å²) in [6.45, 7) is 0. The quantitative estimate of drug-likeness (QED) is 0.552. The summed E-state index contributed by atoms with van der Waals surface area (Å²) in [5.74, 6) is 0. The average molecular weight is 283 g/mol. The van der Waals surface area contributed by atoms with Gasteiger partial charge in [0, 0.05) is 5.56 Å². The maximum Gasteiger partial charge on any atom is 0.212 e. The molecule has 0 bridgehead atoms. The van der Waals surface area contributed by atoms with E-state index in [4.69, 9.17) is 0 Å². The molecule has 5 heteroatoms. The van der Waals surface area contributed by atoms with Gasteiger partial charge in [0.1, 0.15) is 5.51 Å². The van der Waals surface area contributed by atoms with E-state index in [0.29, 0.717) is 0 Å². The van der Waals surface area contributed by atoms with Crippen molar-refractivity contribution in [1.29, 1.82) is 0 Å². The highest BCUT2D eigenvalue weighted by atomic mass is 32.1. The van der Waals surface area contributed by atoms with Gasteiger partial charge in [0.25, 0.3) is 0 Å². The summed E-state index contributed by atoms with van der Waals surface area (Å²) in [5.41, 5.74) is 6.39. The molecule has 0 fully saturated rings. The fourth-order valence-corrected chi connectivity index (χ4v) is 3.40. The molecule has 4 rings (SSSR count). The molecule has 0 amide bonds. The second-order valence-corrected chi connectivity index (χ2v) is 5.74. The minimum atomic E-state index is 0.926. The summed E-state index contributed by atoms with van der Waals surface area (Å²) >= 11 is 3.26. The minimum Gasteiger partial charge on any atom is -0.217 e. The van der Waals surface area contributed by atoms with E-state index in [2.05, 4.69) is 45.1 Å².